The molecule has 0 atom stereocenters. The summed E-state index contributed by atoms with van der Waals surface area (Å²) in [6, 6.07) is 12.7. The summed E-state index contributed by atoms with van der Waals surface area (Å²) in [5.41, 5.74) is 1.58. The quantitative estimate of drug-likeness (QED) is 0.718. The third kappa shape index (κ3) is 3.12. The topological polar surface area (TPSA) is 19.4 Å². The predicted octanol–water partition coefficient (Wildman–Crippen LogP) is 3.90. The lowest BCUT2D eigenvalue weighted by atomic mass is 10.2. The Labute approximate surface area is 143 Å². The number of rotatable bonds is 3. The van der Waals surface area contributed by atoms with Crippen molar-refractivity contribution in [3.8, 4) is 0 Å². The first-order valence-electron chi connectivity index (χ1n) is 7.96. The summed E-state index contributed by atoms with van der Waals surface area (Å²) < 4.78 is 27.7. The van der Waals surface area contributed by atoms with Gasteiger partial charge in [0, 0.05) is 38.8 Å². The van der Waals surface area contributed by atoms with Gasteiger partial charge in [0.15, 0.2) is 10.9 Å². The van der Waals surface area contributed by atoms with Gasteiger partial charge in [-0.3, -0.25) is 4.90 Å². The molecule has 0 saturated carbocycles. The first-order chi connectivity index (χ1) is 11.7. The van der Waals surface area contributed by atoms with Gasteiger partial charge in [0.1, 0.15) is 11.3 Å². The molecule has 1 fully saturated rings. The molecule has 2 heterocycles. The molecule has 1 saturated heterocycles. The maximum atomic E-state index is 13.8. The second kappa shape index (κ2) is 6.45. The molecule has 6 heteroatoms. The molecule has 4 rings (SSSR count). The second-order valence-electron chi connectivity index (χ2n) is 5.98. The Morgan fingerprint density at radius 2 is 1.75 bits per heavy atom. The third-order valence-electron chi connectivity index (χ3n) is 4.29. The number of benzene rings is 2. The zero-order chi connectivity index (χ0) is 16.5. The number of hydrogen-bond acceptors (Lipinski definition) is 4. The average Bonchev–Trinajstić information content (AvgIpc) is 3.01. The van der Waals surface area contributed by atoms with Crippen molar-refractivity contribution in [2.24, 2.45) is 0 Å². The van der Waals surface area contributed by atoms with Crippen LogP contribution in [-0.4, -0.2) is 36.1 Å². The Balaban J connectivity index is 1.45. The van der Waals surface area contributed by atoms with Crippen molar-refractivity contribution in [2.45, 2.75) is 6.54 Å². The summed E-state index contributed by atoms with van der Waals surface area (Å²) in [6.45, 7) is 4.49. The number of fused-ring (bicyclic) bond motifs is 1. The Bertz CT molecular complexity index is 842. The Morgan fingerprint density at radius 1 is 1.00 bits per heavy atom. The fourth-order valence-corrected chi connectivity index (χ4v) is 4.08. The molecule has 0 N–H and O–H groups in total. The van der Waals surface area contributed by atoms with E-state index in [9.17, 15) is 8.78 Å². The first-order valence-corrected chi connectivity index (χ1v) is 8.77. The van der Waals surface area contributed by atoms with Crippen LogP contribution < -0.4 is 4.90 Å². The van der Waals surface area contributed by atoms with Gasteiger partial charge >= 0.3 is 0 Å². The molecule has 3 nitrogen and oxygen atoms in total. The van der Waals surface area contributed by atoms with Gasteiger partial charge in [0.05, 0.1) is 4.70 Å². The Morgan fingerprint density at radius 3 is 2.50 bits per heavy atom. The highest BCUT2D eigenvalue weighted by Gasteiger charge is 2.21. The van der Waals surface area contributed by atoms with Crippen LogP contribution in [0.25, 0.3) is 10.2 Å². The minimum absolute atomic E-state index is 0.267. The molecular weight excluding hydrogens is 328 g/mol. The number of nitrogens with zero attached hydrogens (tertiary/aromatic N) is 3. The fourth-order valence-electron chi connectivity index (χ4n) is 3.02. The van der Waals surface area contributed by atoms with Crippen LogP contribution >= 0.6 is 11.3 Å². The monoisotopic (exact) mass is 345 g/mol. The Kier molecular flexibility index (Phi) is 4.16. The van der Waals surface area contributed by atoms with Gasteiger partial charge in [0.25, 0.3) is 0 Å². The molecule has 0 spiro atoms. The number of aromatic nitrogens is 1. The van der Waals surface area contributed by atoms with Crippen molar-refractivity contribution in [1.82, 2.24) is 9.88 Å². The van der Waals surface area contributed by atoms with Gasteiger partial charge < -0.3 is 4.90 Å². The van der Waals surface area contributed by atoms with E-state index < -0.39 is 11.6 Å². The summed E-state index contributed by atoms with van der Waals surface area (Å²) in [5, 5.41) is 0.772. The average molecular weight is 345 g/mol. The molecule has 2 aromatic carbocycles. The van der Waals surface area contributed by atoms with Gasteiger partial charge in [-0.05, 0) is 11.6 Å². The summed E-state index contributed by atoms with van der Waals surface area (Å²) in [5.74, 6) is -1.14. The van der Waals surface area contributed by atoms with Crippen molar-refractivity contribution >= 4 is 26.7 Å². The zero-order valence-electron chi connectivity index (χ0n) is 13.1. The number of halogens is 2. The SMILES string of the molecule is Fc1cc(F)c2nc(N3CCN(Cc4ccccc4)CC3)sc2c1. The van der Waals surface area contributed by atoms with Crippen LogP contribution in [-0.2, 0) is 6.54 Å². The van der Waals surface area contributed by atoms with Crippen LogP contribution in [0.5, 0.6) is 0 Å². The molecular formula is C18H17F2N3S. The highest BCUT2D eigenvalue weighted by atomic mass is 32.1. The van der Waals surface area contributed by atoms with Crippen LogP contribution in [0.2, 0.25) is 0 Å². The number of piperazine rings is 1. The van der Waals surface area contributed by atoms with Crippen LogP contribution in [0.15, 0.2) is 42.5 Å². The first kappa shape index (κ1) is 15.5. The minimum Gasteiger partial charge on any atom is -0.345 e. The molecule has 0 radical (unpaired) electrons. The van der Waals surface area contributed by atoms with Crippen molar-refractivity contribution in [3.05, 3.63) is 59.7 Å². The summed E-state index contributed by atoms with van der Waals surface area (Å²) in [7, 11) is 0. The van der Waals surface area contributed by atoms with E-state index in [1.165, 1.54) is 23.0 Å². The number of anilines is 1. The fraction of sp³-hybridized carbons (Fsp3) is 0.278. The maximum absolute atomic E-state index is 13.8. The lowest BCUT2D eigenvalue weighted by Gasteiger charge is -2.34. The molecule has 1 aromatic heterocycles. The summed E-state index contributed by atoms with van der Waals surface area (Å²) in [4.78, 5) is 8.93. The lowest BCUT2D eigenvalue weighted by Crippen LogP contribution is -2.45. The largest absolute Gasteiger partial charge is 0.345 e. The van der Waals surface area contributed by atoms with Gasteiger partial charge in [-0.2, -0.15) is 0 Å². The van der Waals surface area contributed by atoms with E-state index in [1.54, 1.807) is 0 Å². The van der Waals surface area contributed by atoms with E-state index in [0.717, 1.165) is 43.9 Å². The maximum Gasteiger partial charge on any atom is 0.186 e. The second-order valence-corrected chi connectivity index (χ2v) is 6.99. The summed E-state index contributed by atoms with van der Waals surface area (Å²) >= 11 is 1.35. The lowest BCUT2D eigenvalue weighted by molar-refractivity contribution is 0.250. The smallest absolute Gasteiger partial charge is 0.186 e. The van der Waals surface area contributed by atoms with E-state index >= 15 is 0 Å². The minimum atomic E-state index is -0.588. The van der Waals surface area contributed by atoms with Crippen LogP contribution in [0.3, 0.4) is 0 Å². The predicted molar refractivity (Wildman–Crippen MR) is 93.5 cm³/mol. The van der Waals surface area contributed by atoms with Gasteiger partial charge in [-0.25, -0.2) is 13.8 Å². The molecule has 1 aliphatic heterocycles. The van der Waals surface area contributed by atoms with Crippen molar-refractivity contribution in [2.75, 3.05) is 31.1 Å². The molecule has 24 heavy (non-hydrogen) atoms. The van der Waals surface area contributed by atoms with Crippen molar-refractivity contribution in [3.63, 3.8) is 0 Å². The molecule has 3 aromatic rings. The summed E-state index contributed by atoms with van der Waals surface area (Å²) in [6.07, 6.45) is 0. The number of hydrogen-bond donors (Lipinski definition) is 0. The molecule has 1 aliphatic rings. The number of thiazole rings is 1. The Hall–Kier alpha value is -2.05. The van der Waals surface area contributed by atoms with E-state index in [1.807, 2.05) is 6.07 Å². The molecule has 0 bridgehead atoms. The van der Waals surface area contributed by atoms with Crippen LogP contribution in [0, 0.1) is 11.6 Å². The van der Waals surface area contributed by atoms with Crippen molar-refractivity contribution in [1.29, 1.82) is 0 Å². The van der Waals surface area contributed by atoms with E-state index in [0.29, 0.717) is 4.70 Å². The highest BCUT2D eigenvalue weighted by Crippen LogP contribution is 2.31. The van der Waals surface area contributed by atoms with Crippen LogP contribution in [0.4, 0.5) is 13.9 Å². The van der Waals surface area contributed by atoms with Crippen molar-refractivity contribution < 1.29 is 8.78 Å². The zero-order valence-corrected chi connectivity index (χ0v) is 13.9. The molecule has 124 valence electrons. The van der Waals surface area contributed by atoms with E-state index in [4.69, 9.17) is 0 Å². The standard InChI is InChI=1S/C18H17F2N3S/c19-14-10-15(20)17-16(11-14)24-18(21-17)23-8-6-22(7-9-23)12-13-4-2-1-3-5-13/h1-5,10-11H,6-9,12H2. The van der Waals surface area contributed by atoms with E-state index in [2.05, 4.69) is 39.0 Å². The third-order valence-corrected chi connectivity index (χ3v) is 5.36. The van der Waals surface area contributed by atoms with E-state index in [-0.39, 0.29) is 5.52 Å². The van der Waals surface area contributed by atoms with Gasteiger partial charge in [-0.1, -0.05) is 41.7 Å². The molecule has 0 unspecified atom stereocenters. The van der Waals surface area contributed by atoms with Gasteiger partial charge in [0.2, 0.25) is 0 Å². The highest BCUT2D eigenvalue weighted by molar-refractivity contribution is 7.22. The normalized spacial score (nSPS) is 16.0. The van der Waals surface area contributed by atoms with Crippen LogP contribution in [0.1, 0.15) is 5.56 Å². The molecule has 0 amide bonds. The van der Waals surface area contributed by atoms with Gasteiger partial charge in [-0.15, -0.1) is 0 Å². The molecule has 0 aliphatic carbocycles.